The number of aromatic nitrogens is 3. The lowest BCUT2D eigenvalue weighted by molar-refractivity contribution is 0.0911. The second kappa shape index (κ2) is 7.01. The molecule has 0 radical (unpaired) electrons. The Hall–Kier alpha value is -3.06. The highest BCUT2D eigenvalue weighted by molar-refractivity contribution is 5.93. The van der Waals surface area contributed by atoms with Crippen LogP contribution in [-0.4, -0.2) is 32.8 Å². The number of halogens is 1. The van der Waals surface area contributed by atoms with Gasteiger partial charge in [-0.15, -0.1) is 0 Å². The van der Waals surface area contributed by atoms with E-state index in [0.717, 1.165) is 5.56 Å². The van der Waals surface area contributed by atoms with Gasteiger partial charge in [-0.3, -0.25) is 14.9 Å². The molecule has 1 aromatic carbocycles. The lowest BCUT2D eigenvalue weighted by Crippen LogP contribution is -2.31. The van der Waals surface area contributed by atoms with Crippen molar-refractivity contribution in [1.82, 2.24) is 20.5 Å². The molecule has 0 aliphatic heterocycles. The van der Waals surface area contributed by atoms with Crippen LogP contribution in [0.2, 0.25) is 0 Å². The van der Waals surface area contributed by atoms with E-state index in [1.807, 2.05) is 0 Å². The Kier molecular flexibility index (Phi) is 4.62. The van der Waals surface area contributed by atoms with Crippen molar-refractivity contribution < 1.29 is 14.3 Å². The number of pyridine rings is 1. The van der Waals surface area contributed by atoms with Gasteiger partial charge in [0.1, 0.15) is 5.82 Å². The Bertz CT molecular complexity index is 835. The van der Waals surface area contributed by atoms with Gasteiger partial charge in [-0.05, 0) is 35.9 Å². The number of benzene rings is 1. The predicted octanol–water partition coefficient (Wildman–Crippen LogP) is 2.07. The van der Waals surface area contributed by atoms with Crippen molar-refractivity contribution in [1.29, 1.82) is 0 Å². The number of aliphatic hydroxyl groups excluding tert-OH is 1. The number of H-pyrrole nitrogens is 1. The molecule has 2 heterocycles. The molecule has 3 N–H and O–H groups in total. The fourth-order valence-corrected chi connectivity index (χ4v) is 2.31. The Labute approximate surface area is 137 Å². The molecule has 3 rings (SSSR count). The molecule has 7 heteroatoms. The standard InChI is InChI=1S/C17H15FN4O2/c18-13-3-1-2-12(8-13)16(10-23)20-17(24)15-9-14(21-22-15)11-4-6-19-7-5-11/h1-9,16,23H,10H2,(H,20,24)(H,21,22). The summed E-state index contributed by atoms with van der Waals surface area (Å²) in [6.07, 6.45) is 3.28. The van der Waals surface area contributed by atoms with Crippen molar-refractivity contribution in [3.8, 4) is 11.3 Å². The maximum Gasteiger partial charge on any atom is 0.272 e. The summed E-state index contributed by atoms with van der Waals surface area (Å²) in [4.78, 5) is 16.2. The molecule has 1 unspecified atom stereocenters. The number of aromatic amines is 1. The minimum Gasteiger partial charge on any atom is -0.394 e. The minimum absolute atomic E-state index is 0.177. The minimum atomic E-state index is -0.714. The lowest BCUT2D eigenvalue weighted by atomic mass is 10.1. The highest BCUT2D eigenvalue weighted by Crippen LogP contribution is 2.18. The zero-order valence-electron chi connectivity index (χ0n) is 12.6. The van der Waals surface area contributed by atoms with Gasteiger partial charge < -0.3 is 10.4 Å². The number of hydrogen-bond donors (Lipinski definition) is 3. The van der Waals surface area contributed by atoms with E-state index in [1.54, 1.807) is 36.7 Å². The number of aliphatic hydroxyl groups is 1. The van der Waals surface area contributed by atoms with E-state index in [-0.39, 0.29) is 12.3 Å². The highest BCUT2D eigenvalue weighted by Gasteiger charge is 2.18. The number of carbonyl (C=O) groups excluding carboxylic acids is 1. The van der Waals surface area contributed by atoms with Gasteiger partial charge in [0.15, 0.2) is 5.69 Å². The van der Waals surface area contributed by atoms with E-state index in [2.05, 4.69) is 20.5 Å². The molecular weight excluding hydrogens is 311 g/mol. The molecule has 0 aliphatic rings. The molecule has 3 aromatic rings. The number of carbonyl (C=O) groups is 1. The van der Waals surface area contributed by atoms with Crippen molar-refractivity contribution in [2.24, 2.45) is 0 Å². The molecule has 0 aliphatic carbocycles. The van der Waals surface area contributed by atoms with Gasteiger partial charge >= 0.3 is 0 Å². The SMILES string of the molecule is O=C(NC(CO)c1cccc(F)c1)c1cc(-c2ccncc2)[nH]n1. The number of rotatable bonds is 5. The first-order valence-corrected chi connectivity index (χ1v) is 7.30. The molecule has 1 amide bonds. The van der Waals surface area contributed by atoms with Crippen molar-refractivity contribution in [3.63, 3.8) is 0 Å². The third-order valence-electron chi connectivity index (χ3n) is 3.54. The maximum atomic E-state index is 13.3. The van der Waals surface area contributed by atoms with Crippen LogP contribution in [0.25, 0.3) is 11.3 Å². The lowest BCUT2D eigenvalue weighted by Gasteiger charge is -2.16. The van der Waals surface area contributed by atoms with Crippen molar-refractivity contribution >= 4 is 5.91 Å². The summed E-state index contributed by atoms with van der Waals surface area (Å²) < 4.78 is 13.3. The van der Waals surface area contributed by atoms with Gasteiger partial charge in [0.05, 0.1) is 18.3 Å². The third kappa shape index (κ3) is 3.47. The van der Waals surface area contributed by atoms with Gasteiger partial charge in [0.2, 0.25) is 0 Å². The second-order valence-corrected chi connectivity index (χ2v) is 5.17. The van der Waals surface area contributed by atoms with Crippen LogP contribution < -0.4 is 5.32 Å². The van der Waals surface area contributed by atoms with Crippen LogP contribution in [0, 0.1) is 5.82 Å². The Morgan fingerprint density at radius 2 is 2.04 bits per heavy atom. The number of amides is 1. The first-order valence-electron chi connectivity index (χ1n) is 7.30. The monoisotopic (exact) mass is 326 g/mol. The van der Waals surface area contributed by atoms with Crippen LogP contribution in [0.5, 0.6) is 0 Å². The fraction of sp³-hybridized carbons (Fsp3) is 0.118. The van der Waals surface area contributed by atoms with Gasteiger partial charge in [0, 0.05) is 18.0 Å². The van der Waals surface area contributed by atoms with E-state index < -0.39 is 17.8 Å². The van der Waals surface area contributed by atoms with Crippen LogP contribution in [-0.2, 0) is 0 Å². The molecule has 6 nitrogen and oxygen atoms in total. The van der Waals surface area contributed by atoms with Gasteiger partial charge in [-0.2, -0.15) is 5.10 Å². The highest BCUT2D eigenvalue weighted by atomic mass is 19.1. The summed E-state index contributed by atoms with van der Waals surface area (Å²) >= 11 is 0. The Morgan fingerprint density at radius 3 is 2.75 bits per heavy atom. The van der Waals surface area contributed by atoms with E-state index in [1.165, 1.54) is 18.2 Å². The zero-order chi connectivity index (χ0) is 16.9. The smallest absolute Gasteiger partial charge is 0.272 e. The van der Waals surface area contributed by atoms with Crippen LogP contribution in [0.15, 0.2) is 54.9 Å². The molecular formula is C17H15FN4O2. The molecule has 2 aromatic heterocycles. The first kappa shape index (κ1) is 15.8. The van der Waals surface area contributed by atoms with Gasteiger partial charge in [-0.1, -0.05) is 12.1 Å². The third-order valence-corrected chi connectivity index (χ3v) is 3.54. The Morgan fingerprint density at radius 1 is 1.25 bits per heavy atom. The largest absolute Gasteiger partial charge is 0.394 e. The van der Waals surface area contributed by atoms with Crippen molar-refractivity contribution in [3.05, 3.63) is 71.9 Å². The second-order valence-electron chi connectivity index (χ2n) is 5.17. The number of hydrogen-bond acceptors (Lipinski definition) is 4. The zero-order valence-corrected chi connectivity index (χ0v) is 12.6. The van der Waals surface area contributed by atoms with Gasteiger partial charge in [0.25, 0.3) is 5.91 Å². The average Bonchev–Trinajstić information content (AvgIpc) is 3.10. The average molecular weight is 326 g/mol. The summed E-state index contributed by atoms with van der Waals surface area (Å²) in [7, 11) is 0. The normalized spacial score (nSPS) is 11.9. The van der Waals surface area contributed by atoms with Crippen LogP contribution in [0.4, 0.5) is 4.39 Å². The molecule has 0 fully saturated rings. The molecule has 24 heavy (non-hydrogen) atoms. The molecule has 0 saturated carbocycles. The topological polar surface area (TPSA) is 90.9 Å². The first-order chi connectivity index (χ1) is 11.7. The molecule has 0 spiro atoms. The quantitative estimate of drug-likeness (QED) is 0.669. The van der Waals surface area contributed by atoms with Crippen LogP contribution in [0.3, 0.4) is 0 Å². The van der Waals surface area contributed by atoms with E-state index in [4.69, 9.17) is 0 Å². The Balaban J connectivity index is 1.76. The number of nitrogens with zero attached hydrogens (tertiary/aromatic N) is 2. The van der Waals surface area contributed by atoms with E-state index >= 15 is 0 Å². The van der Waals surface area contributed by atoms with Crippen LogP contribution >= 0.6 is 0 Å². The summed E-state index contributed by atoms with van der Waals surface area (Å²) in [5.41, 5.74) is 2.18. The van der Waals surface area contributed by atoms with Crippen molar-refractivity contribution in [2.75, 3.05) is 6.61 Å². The van der Waals surface area contributed by atoms with Crippen molar-refractivity contribution in [2.45, 2.75) is 6.04 Å². The van der Waals surface area contributed by atoms with Gasteiger partial charge in [-0.25, -0.2) is 4.39 Å². The maximum absolute atomic E-state index is 13.3. The fourth-order valence-electron chi connectivity index (χ4n) is 2.31. The summed E-state index contributed by atoms with van der Waals surface area (Å²) in [5.74, 6) is -0.894. The summed E-state index contributed by atoms with van der Waals surface area (Å²) in [5, 5.41) is 18.9. The number of nitrogens with one attached hydrogen (secondary N) is 2. The van der Waals surface area contributed by atoms with E-state index in [9.17, 15) is 14.3 Å². The van der Waals surface area contributed by atoms with Crippen LogP contribution in [0.1, 0.15) is 22.1 Å². The molecule has 0 saturated heterocycles. The summed E-state index contributed by atoms with van der Waals surface area (Å²) in [6, 6.07) is 10.2. The summed E-state index contributed by atoms with van der Waals surface area (Å²) in [6.45, 7) is -0.350. The van der Waals surface area contributed by atoms with E-state index in [0.29, 0.717) is 11.3 Å². The molecule has 1 atom stereocenters. The molecule has 0 bridgehead atoms. The predicted molar refractivity (Wildman–Crippen MR) is 85.5 cm³/mol. The molecule has 122 valence electrons.